The van der Waals surface area contributed by atoms with E-state index in [1.807, 2.05) is 6.07 Å². The zero-order valence-corrected chi connectivity index (χ0v) is 9.73. The van der Waals surface area contributed by atoms with Gasteiger partial charge >= 0.3 is 5.97 Å². The van der Waals surface area contributed by atoms with E-state index < -0.39 is 0 Å². The van der Waals surface area contributed by atoms with E-state index >= 15 is 0 Å². The Balaban J connectivity index is 2.57. The minimum atomic E-state index is -0.343. The molecule has 0 unspecified atom stereocenters. The molecule has 17 heavy (non-hydrogen) atoms. The zero-order valence-electron chi connectivity index (χ0n) is 9.73. The predicted octanol–water partition coefficient (Wildman–Crippen LogP) is 2.23. The number of fused-ring (bicyclic) bond motifs is 1. The summed E-state index contributed by atoms with van der Waals surface area (Å²) in [5.74, 6) is -0.343. The number of esters is 1. The highest BCUT2D eigenvalue weighted by Crippen LogP contribution is 2.20. The first-order valence-corrected chi connectivity index (χ1v) is 5.34. The van der Waals surface area contributed by atoms with Gasteiger partial charge in [-0.15, -0.1) is 0 Å². The van der Waals surface area contributed by atoms with E-state index in [4.69, 9.17) is 10.00 Å². The molecule has 0 fully saturated rings. The van der Waals surface area contributed by atoms with Gasteiger partial charge in [0.25, 0.3) is 0 Å². The molecule has 1 heterocycles. The molecule has 86 valence electrons. The van der Waals surface area contributed by atoms with Crippen LogP contribution in [0.4, 0.5) is 0 Å². The number of aryl methyl sites for hydroxylation is 1. The number of benzene rings is 1. The Labute approximate surface area is 99.0 Å². The van der Waals surface area contributed by atoms with Crippen molar-refractivity contribution in [1.29, 1.82) is 5.26 Å². The van der Waals surface area contributed by atoms with Gasteiger partial charge in [-0.1, -0.05) is 0 Å². The number of nitrogens with zero attached hydrogens (tertiary/aromatic N) is 2. The number of hydrogen-bond acceptors (Lipinski definition) is 3. The SMILES string of the molecule is CCOC(=O)c1cc2cc(C#N)ccc2n1C. The summed E-state index contributed by atoms with van der Waals surface area (Å²) in [5, 5.41) is 9.69. The molecular weight excluding hydrogens is 216 g/mol. The Bertz CT molecular complexity index is 620. The van der Waals surface area contributed by atoms with Crippen molar-refractivity contribution in [1.82, 2.24) is 4.57 Å². The maximum atomic E-state index is 11.7. The van der Waals surface area contributed by atoms with E-state index in [-0.39, 0.29) is 5.97 Å². The van der Waals surface area contributed by atoms with Crippen LogP contribution in [0.15, 0.2) is 24.3 Å². The summed E-state index contributed by atoms with van der Waals surface area (Å²) < 4.78 is 6.74. The average molecular weight is 228 g/mol. The fraction of sp³-hybridized carbons (Fsp3) is 0.231. The Morgan fingerprint density at radius 3 is 2.88 bits per heavy atom. The topological polar surface area (TPSA) is 55.0 Å². The van der Waals surface area contributed by atoms with Gasteiger partial charge in [-0.25, -0.2) is 4.79 Å². The second-order valence-corrected chi connectivity index (χ2v) is 3.69. The molecule has 1 aromatic heterocycles. The summed E-state index contributed by atoms with van der Waals surface area (Å²) in [7, 11) is 1.81. The molecular formula is C13H12N2O2. The number of ether oxygens (including phenoxy) is 1. The molecule has 0 radical (unpaired) electrons. The first kappa shape index (κ1) is 11.2. The predicted molar refractivity (Wildman–Crippen MR) is 63.6 cm³/mol. The molecule has 0 saturated carbocycles. The fourth-order valence-electron chi connectivity index (χ4n) is 1.82. The van der Waals surface area contributed by atoms with Gasteiger partial charge in [-0.2, -0.15) is 5.26 Å². The molecule has 4 nitrogen and oxygen atoms in total. The van der Waals surface area contributed by atoms with Gasteiger partial charge in [0.15, 0.2) is 0 Å². The van der Waals surface area contributed by atoms with Crippen molar-refractivity contribution >= 4 is 16.9 Å². The summed E-state index contributed by atoms with van der Waals surface area (Å²) >= 11 is 0. The Morgan fingerprint density at radius 1 is 1.47 bits per heavy atom. The Morgan fingerprint density at radius 2 is 2.24 bits per heavy atom. The molecule has 2 rings (SSSR count). The number of aromatic nitrogens is 1. The first-order chi connectivity index (χ1) is 8.17. The molecule has 0 aliphatic heterocycles. The molecule has 0 aliphatic carbocycles. The van der Waals surface area contributed by atoms with Crippen LogP contribution in [0.2, 0.25) is 0 Å². The van der Waals surface area contributed by atoms with Crippen LogP contribution in [-0.2, 0) is 11.8 Å². The van der Waals surface area contributed by atoms with Gasteiger partial charge in [0.05, 0.1) is 18.2 Å². The quantitative estimate of drug-likeness (QED) is 0.740. The fourth-order valence-corrected chi connectivity index (χ4v) is 1.82. The molecule has 0 N–H and O–H groups in total. The number of nitriles is 1. The standard InChI is InChI=1S/C13H12N2O2/c1-3-17-13(16)12-7-10-6-9(8-14)4-5-11(10)15(12)2/h4-7H,3H2,1-2H3. The normalized spacial score (nSPS) is 10.2. The van der Waals surface area contributed by atoms with Crippen molar-refractivity contribution in [3.05, 3.63) is 35.5 Å². The summed E-state index contributed by atoms with van der Waals surface area (Å²) in [4.78, 5) is 11.7. The lowest BCUT2D eigenvalue weighted by Crippen LogP contribution is -2.09. The van der Waals surface area contributed by atoms with Gasteiger partial charge in [0.1, 0.15) is 5.69 Å². The number of hydrogen-bond donors (Lipinski definition) is 0. The van der Waals surface area contributed by atoms with Crippen LogP contribution < -0.4 is 0 Å². The van der Waals surface area contributed by atoms with Crippen molar-refractivity contribution in [2.75, 3.05) is 6.61 Å². The van der Waals surface area contributed by atoms with Gasteiger partial charge in [0, 0.05) is 18.0 Å². The average Bonchev–Trinajstić information content (AvgIpc) is 2.66. The lowest BCUT2D eigenvalue weighted by Gasteiger charge is -2.03. The highest BCUT2D eigenvalue weighted by atomic mass is 16.5. The van der Waals surface area contributed by atoms with E-state index in [1.54, 1.807) is 36.7 Å². The van der Waals surface area contributed by atoms with Crippen LogP contribution in [0.5, 0.6) is 0 Å². The number of carbonyl (C=O) groups is 1. The van der Waals surface area contributed by atoms with Crippen LogP contribution in [0.1, 0.15) is 23.0 Å². The van der Waals surface area contributed by atoms with Crippen LogP contribution in [0, 0.1) is 11.3 Å². The summed E-state index contributed by atoms with van der Waals surface area (Å²) in [6, 6.07) is 9.15. The molecule has 0 aliphatic rings. The third kappa shape index (κ3) is 1.87. The van der Waals surface area contributed by atoms with Crippen LogP contribution in [0.25, 0.3) is 10.9 Å². The summed E-state index contributed by atoms with van der Waals surface area (Å²) in [6.07, 6.45) is 0. The van der Waals surface area contributed by atoms with E-state index in [2.05, 4.69) is 6.07 Å². The molecule has 0 amide bonds. The lowest BCUT2D eigenvalue weighted by molar-refractivity contribution is 0.0516. The third-order valence-electron chi connectivity index (χ3n) is 2.66. The van der Waals surface area contributed by atoms with Crippen molar-refractivity contribution in [2.45, 2.75) is 6.92 Å². The molecule has 2 aromatic rings. The maximum absolute atomic E-state index is 11.7. The van der Waals surface area contributed by atoms with Crippen LogP contribution in [-0.4, -0.2) is 17.1 Å². The molecule has 0 atom stereocenters. The molecule has 0 spiro atoms. The highest BCUT2D eigenvalue weighted by Gasteiger charge is 2.14. The highest BCUT2D eigenvalue weighted by molar-refractivity contribution is 5.95. The minimum absolute atomic E-state index is 0.343. The van der Waals surface area contributed by atoms with Crippen molar-refractivity contribution in [3.8, 4) is 6.07 Å². The van der Waals surface area contributed by atoms with Crippen LogP contribution in [0.3, 0.4) is 0 Å². The zero-order chi connectivity index (χ0) is 12.4. The lowest BCUT2D eigenvalue weighted by atomic mass is 10.2. The van der Waals surface area contributed by atoms with E-state index in [0.29, 0.717) is 17.9 Å². The van der Waals surface area contributed by atoms with Gasteiger partial charge in [0.2, 0.25) is 0 Å². The largest absolute Gasteiger partial charge is 0.461 e. The Hall–Kier alpha value is -2.28. The van der Waals surface area contributed by atoms with E-state index in [1.165, 1.54) is 0 Å². The van der Waals surface area contributed by atoms with Gasteiger partial charge in [-0.05, 0) is 31.2 Å². The van der Waals surface area contributed by atoms with Crippen molar-refractivity contribution in [3.63, 3.8) is 0 Å². The third-order valence-corrected chi connectivity index (χ3v) is 2.66. The molecule has 0 saturated heterocycles. The summed E-state index contributed by atoms with van der Waals surface area (Å²) in [6.45, 7) is 2.12. The summed E-state index contributed by atoms with van der Waals surface area (Å²) in [5.41, 5.74) is 1.99. The number of carbonyl (C=O) groups excluding carboxylic acids is 1. The van der Waals surface area contributed by atoms with Gasteiger partial charge in [-0.3, -0.25) is 0 Å². The van der Waals surface area contributed by atoms with Crippen molar-refractivity contribution < 1.29 is 9.53 Å². The van der Waals surface area contributed by atoms with E-state index in [9.17, 15) is 4.79 Å². The Kier molecular flexibility index (Phi) is 2.84. The number of rotatable bonds is 2. The second kappa shape index (κ2) is 4.30. The molecule has 1 aromatic carbocycles. The second-order valence-electron chi connectivity index (χ2n) is 3.69. The van der Waals surface area contributed by atoms with Gasteiger partial charge < -0.3 is 9.30 Å². The maximum Gasteiger partial charge on any atom is 0.354 e. The minimum Gasteiger partial charge on any atom is -0.461 e. The van der Waals surface area contributed by atoms with Crippen LogP contribution >= 0.6 is 0 Å². The van der Waals surface area contributed by atoms with E-state index in [0.717, 1.165) is 10.9 Å². The molecule has 0 bridgehead atoms. The smallest absolute Gasteiger partial charge is 0.354 e. The van der Waals surface area contributed by atoms with Crippen molar-refractivity contribution in [2.24, 2.45) is 7.05 Å². The molecule has 4 heteroatoms. The monoisotopic (exact) mass is 228 g/mol. The first-order valence-electron chi connectivity index (χ1n) is 5.34.